The predicted molar refractivity (Wildman–Crippen MR) is 111 cm³/mol. The molecule has 1 N–H and O–H groups in total. The van der Waals surface area contributed by atoms with Crippen molar-refractivity contribution >= 4 is 17.7 Å². The van der Waals surface area contributed by atoms with E-state index in [-0.39, 0.29) is 19.8 Å². The highest BCUT2D eigenvalue weighted by atomic mass is 35.5. The topological polar surface area (TPSA) is 59.0 Å². The van der Waals surface area contributed by atoms with E-state index < -0.39 is 17.7 Å². The van der Waals surface area contributed by atoms with Crippen molar-refractivity contribution in [2.24, 2.45) is 0 Å². The summed E-state index contributed by atoms with van der Waals surface area (Å²) in [6, 6.07) is 14.9. The van der Waals surface area contributed by atoms with E-state index in [9.17, 15) is 9.90 Å². The van der Waals surface area contributed by atoms with Crippen LogP contribution >= 0.6 is 11.6 Å². The van der Waals surface area contributed by atoms with E-state index in [0.29, 0.717) is 10.8 Å². The van der Waals surface area contributed by atoms with Gasteiger partial charge in [0.25, 0.3) is 0 Å². The second-order valence-corrected chi connectivity index (χ2v) is 8.13. The van der Waals surface area contributed by atoms with E-state index in [4.69, 9.17) is 21.1 Å². The zero-order chi connectivity index (χ0) is 20.7. The number of β-amino-alcohol motifs (C(OH)–C–C–N with tert-alkyl or cyclic N) is 1. The monoisotopic (exact) mass is 405 g/mol. The third-order valence-electron chi connectivity index (χ3n) is 4.15. The fourth-order valence-corrected chi connectivity index (χ4v) is 2.76. The normalized spacial score (nSPS) is 12.4. The number of carbonyl (C=O) groups excluding carboxylic acids is 1. The van der Waals surface area contributed by atoms with Gasteiger partial charge in [0.05, 0.1) is 11.6 Å². The Morgan fingerprint density at radius 1 is 1.18 bits per heavy atom. The summed E-state index contributed by atoms with van der Waals surface area (Å²) in [7, 11) is 0. The maximum Gasteiger partial charge on any atom is 0.410 e. The summed E-state index contributed by atoms with van der Waals surface area (Å²) < 4.78 is 11.1. The van der Waals surface area contributed by atoms with Crippen molar-refractivity contribution in [3.05, 3.63) is 64.7 Å². The Morgan fingerprint density at radius 2 is 1.86 bits per heavy atom. The molecule has 6 heteroatoms. The molecule has 0 radical (unpaired) electrons. The minimum absolute atomic E-state index is 0.0156. The van der Waals surface area contributed by atoms with Crippen molar-refractivity contribution in [2.45, 2.75) is 45.9 Å². The third-order valence-corrected chi connectivity index (χ3v) is 4.46. The molecule has 0 saturated heterocycles. The molecular formula is C22H28ClNO4. The molecule has 28 heavy (non-hydrogen) atoms. The van der Waals surface area contributed by atoms with Crippen LogP contribution in [-0.4, -0.2) is 40.9 Å². The highest BCUT2D eigenvalue weighted by Crippen LogP contribution is 2.25. The SMILES string of the molecule is Cc1ccc(Cl)c(OCC(O)CN(C(=O)OCc2ccccc2)C(C)(C)C)c1. The lowest BCUT2D eigenvalue weighted by Gasteiger charge is -2.36. The number of aliphatic hydroxyl groups is 1. The van der Waals surface area contributed by atoms with Crippen LogP contribution in [0.3, 0.4) is 0 Å². The molecule has 0 aliphatic carbocycles. The van der Waals surface area contributed by atoms with Crippen LogP contribution in [-0.2, 0) is 11.3 Å². The van der Waals surface area contributed by atoms with Gasteiger partial charge in [-0.15, -0.1) is 0 Å². The average Bonchev–Trinajstić information content (AvgIpc) is 2.65. The van der Waals surface area contributed by atoms with E-state index in [1.54, 1.807) is 6.07 Å². The highest BCUT2D eigenvalue weighted by molar-refractivity contribution is 6.32. The van der Waals surface area contributed by atoms with Crippen molar-refractivity contribution in [3.8, 4) is 5.75 Å². The third kappa shape index (κ3) is 6.73. The maximum atomic E-state index is 12.6. The minimum Gasteiger partial charge on any atom is -0.489 e. The van der Waals surface area contributed by atoms with Gasteiger partial charge in [-0.2, -0.15) is 0 Å². The van der Waals surface area contributed by atoms with E-state index in [2.05, 4.69) is 0 Å². The van der Waals surface area contributed by atoms with Crippen molar-refractivity contribution in [3.63, 3.8) is 0 Å². The van der Waals surface area contributed by atoms with Gasteiger partial charge < -0.3 is 19.5 Å². The van der Waals surface area contributed by atoms with Gasteiger partial charge in [-0.3, -0.25) is 0 Å². The Labute approximate surface area is 171 Å². The van der Waals surface area contributed by atoms with Gasteiger partial charge in [-0.05, 0) is 51.0 Å². The predicted octanol–water partition coefficient (Wildman–Crippen LogP) is 4.83. The summed E-state index contributed by atoms with van der Waals surface area (Å²) in [5.74, 6) is 0.509. The van der Waals surface area contributed by atoms with E-state index in [1.807, 2.05) is 70.2 Å². The summed E-state index contributed by atoms with van der Waals surface area (Å²) in [6.45, 7) is 7.88. The first-order chi connectivity index (χ1) is 13.2. The van der Waals surface area contributed by atoms with Crippen LogP contribution in [0.5, 0.6) is 5.75 Å². The quantitative estimate of drug-likeness (QED) is 0.717. The van der Waals surface area contributed by atoms with Crippen molar-refractivity contribution in [1.82, 2.24) is 4.90 Å². The molecule has 1 unspecified atom stereocenters. The first-order valence-electron chi connectivity index (χ1n) is 9.22. The minimum atomic E-state index is -0.889. The number of aryl methyl sites for hydroxylation is 1. The maximum absolute atomic E-state index is 12.6. The van der Waals surface area contributed by atoms with Gasteiger partial charge in [-0.25, -0.2) is 4.79 Å². The fourth-order valence-electron chi connectivity index (χ4n) is 2.59. The molecule has 1 amide bonds. The van der Waals surface area contributed by atoms with Crippen LogP contribution in [0.1, 0.15) is 31.9 Å². The van der Waals surface area contributed by atoms with Crippen LogP contribution in [0.15, 0.2) is 48.5 Å². The van der Waals surface area contributed by atoms with Crippen molar-refractivity contribution < 1.29 is 19.4 Å². The summed E-state index contributed by atoms with van der Waals surface area (Å²) in [4.78, 5) is 14.1. The lowest BCUT2D eigenvalue weighted by Crippen LogP contribution is -2.50. The molecule has 2 rings (SSSR count). The fraction of sp³-hybridized carbons (Fsp3) is 0.409. The van der Waals surface area contributed by atoms with Crippen LogP contribution in [0.25, 0.3) is 0 Å². The summed E-state index contributed by atoms with van der Waals surface area (Å²) >= 11 is 6.12. The van der Waals surface area contributed by atoms with Crippen LogP contribution in [0.4, 0.5) is 4.79 Å². The second-order valence-electron chi connectivity index (χ2n) is 7.72. The number of benzene rings is 2. The highest BCUT2D eigenvalue weighted by Gasteiger charge is 2.30. The summed E-state index contributed by atoms with van der Waals surface area (Å²) in [6.07, 6.45) is -1.37. The Balaban J connectivity index is 1.95. The second kappa shape index (κ2) is 9.80. The average molecular weight is 406 g/mol. The zero-order valence-electron chi connectivity index (χ0n) is 16.8. The summed E-state index contributed by atoms with van der Waals surface area (Å²) in [5, 5.41) is 10.9. The largest absolute Gasteiger partial charge is 0.489 e. The van der Waals surface area contributed by atoms with Gasteiger partial charge in [0.1, 0.15) is 25.1 Å². The Kier molecular flexibility index (Phi) is 7.72. The molecule has 0 aliphatic rings. The van der Waals surface area contributed by atoms with Crippen molar-refractivity contribution in [1.29, 1.82) is 0 Å². The molecule has 0 aromatic heterocycles. The summed E-state index contributed by atoms with van der Waals surface area (Å²) in [5.41, 5.74) is 1.40. The van der Waals surface area contributed by atoms with Gasteiger partial charge in [0, 0.05) is 5.54 Å². The number of ether oxygens (including phenoxy) is 2. The van der Waals surface area contributed by atoms with E-state index in [1.165, 1.54) is 4.90 Å². The number of amides is 1. The molecule has 0 saturated carbocycles. The molecule has 0 spiro atoms. The van der Waals surface area contributed by atoms with E-state index >= 15 is 0 Å². The number of nitrogens with zero attached hydrogens (tertiary/aromatic N) is 1. The van der Waals surface area contributed by atoms with Gasteiger partial charge in [0.15, 0.2) is 0 Å². The first kappa shape index (κ1) is 22.1. The number of carbonyl (C=O) groups is 1. The molecule has 0 aliphatic heterocycles. The molecular weight excluding hydrogens is 378 g/mol. The lowest BCUT2D eigenvalue weighted by atomic mass is 10.1. The van der Waals surface area contributed by atoms with Gasteiger partial charge >= 0.3 is 6.09 Å². The van der Waals surface area contributed by atoms with Gasteiger partial charge in [-0.1, -0.05) is 48.0 Å². The molecule has 2 aromatic rings. The molecule has 0 fully saturated rings. The first-order valence-corrected chi connectivity index (χ1v) is 9.60. The number of hydrogen-bond acceptors (Lipinski definition) is 4. The number of hydrogen-bond donors (Lipinski definition) is 1. The molecule has 0 heterocycles. The van der Waals surface area contributed by atoms with Crippen LogP contribution < -0.4 is 4.74 Å². The number of rotatable bonds is 7. The smallest absolute Gasteiger partial charge is 0.410 e. The molecule has 5 nitrogen and oxygen atoms in total. The lowest BCUT2D eigenvalue weighted by molar-refractivity contribution is 0.0197. The molecule has 2 aromatic carbocycles. The van der Waals surface area contributed by atoms with Crippen LogP contribution in [0, 0.1) is 6.92 Å². The van der Waals surface area contributed by atoms with Crippen LogP contribution in [0.2, 0.25) is 5.02 Å². The number of aliphatic hydroxyl groups excluding tert-OH is 1. The Hall–Kier alpha value is -2.24. The Morgan fingerprint density at radius 3 is 2.50 bits per heavy atom. The Bertz CT molecular complexity index is 774. The molecule has 152 valence electrons. The molecule has 1 atom stereocenters. The molecule has 0 bridgehead atoms. The van der Waals surface area contributed by atoms with Crippen molar-refractivity contribution in [2.75, 3.05) is 13.2 Å². The van der Waals surface area contributed by atoms with E-state index in [0.717, 1.165) is 11.1 Å². The standard InChI is InChI=1S/C22H28ClNO4/c1-16-10-11-19(23)20(12-16)27-15-18(25)13-24(22(2,3)4)21(26)28-14-17-8-6-5-7-9-17/h5-12,18,25H,13-15H2,1-4H3. The van der Waals surface area contributed by atoms with Gasteiger partial charge in [0.2, 0.25) is 0 Å². The number of halogens is 1. The zero-order valence-corrected chi connectivity index (χ0v) is 17.6.